The van der Waals surface area contributed by atoms with E-state index >= 15 is 0 Å². The first-order chi connectivity index (χ1) is 11.2. The van der Waals surface area contributed by atoms with E-state index in [0.29, 0.717) is 24.2 Å². The van der Waals surface area contributed by atoms with Gasteiger partial charge in [-0.25, -0.2) is 0 Å². The summed E-state index contributed by atoms with van der Waals surface area (Å²) in [4.78, 5) is 25.9. The molecular formula is C20H22O3. The van der Waals surface area contributed by atoms with E-state index in [4.69, 9.17) is 4.74 Å². The maximum Gasteiger partial charge on any atom is 0.176 e. The minimum absolute atomic E-state index is 0.181. The first kappa shape index (κ1) is 17.1. The van der Waals surface area contributed by atoms with Crippen LogP contribution in [0.2, 0.25) is 0 Å². The van der Waals surface area contributed by atoms with Gasteiger partial charge in [-0.3, -0.25) is 9.59 Å². The van der Waals surface area contributed by atoms with E-state index in [1.54, 1.807) is 48.5 Å². The fourth-order valence-electron chi connectivity index (χ4n) is 2.68. The van der Waals surface area contributed by atoms with Crippen molar-refractivity contribution in [1.29, 1.82) is 0 Å². The van der Waals surface area contributed by atoms with Crippen molar-refractivity contribution < 1.29 is 14.3 Å². The van der Waals surface area contributed by atoms with Crippen LogP contribution in [0, 0.1) is 5.92 Å². The van der Waals surface area contributed by atoms with E-state index in [0.717, 1.165) is 0 Å². The Morgan fingerprint density at radius 1 is 0.826 bits per heavy atom. The highest BCUT2D eigenvalue weighted by atomic mass is 16.5. The number of Topliss-reactive ketones (excluding diaryl/α,β-unsaturated/α-hetero) is 2. The average Bonchev–Trinajstić information content (AvgIpc) is 2.62. The lowest BCUT2D eigenvalue weighted by atomic mass is 9.84. The van der Waals surface area contributed by atoms with Gasteiger partial charge in [0.15, 0.2) is 11.6 Å². The fourth-order valence-corrected chi connectivity index (χ4v) is 2.68. The molecule has 0 heterocycles. The second-order valence-electron chi connectivity index (χ2n) is 5.34. The molecule has 3 heteroatoms. The average molecular weight is 310 g/mol. The molecule has 23 heavy (non-hydrogen) atoms. The normalized spacial score (nSPS) is 12.1. The number of ketones is 2. The smallest absolute Gasteiger partial charge is 0.176 e. The van der Waals surface area contributed by atoms with Crippen molar-refractivity contribution in [1.82, 2.24) is 0 Å². The van der Waals surface area contributed by atoms with Crippen LogP contribution in [-0.2, 0) is 4.74 Å². The summed E-state index contributed by atoms with van der Waals surface area (Å²) < 4.78 is 5.70. The Hall–Kier alpha value is -2.26. The van der Waals surface area contributed by atoms with Crippen molar-refractivity contribution in [2.24, 2.45) is 5.92 Å². The van der Waals surface area contributed by atoms with Crippen molar-refractivity contribution >= 4 is 11.6 Å². The fraction of sp³-hybridized carbons (Fsp3) is 0.300. The molecule has 1 unspecified atom stereocenters. The molecule has 0 amide bonds. The monoisotopic (exact) mass is 310 g/mol. The summed E-state index contributed by atoms with van der Waals surface area (Å²) in [5, 5.41) is 0. The van der Waals surface area contributed by atoms with Gasteiger partial charge < -0.3 is 4.74 Å². The van der Waals surface area contributed by atoms with E-state index in [-0.39, 0.29) is 11.6 Å². The molecule has 2 rings (SSSR count). The summed E-state index contributed by atoms with van der Waals surface area (Å²) >= 11 is 0. The first-order valence-electron chi connectivity index (χ1n) is 7.99. The van der Waals surface area contributed by atoms with Gasteiger partial charge in [-0.1, -0.05) is 67.6 Å². The molecule has 0 saturated heterocycles. The highest BCUT2D eigenvalue weighted by molar-refractivity contribution is 6.16. The standard InChI is InChI=1S/C20H22O3/c1-3-17(23-4-2)18(19(21)15-11-7-5-8-12-15)20(22)16-13-9-6-10-14-16/h5-14,17-18H,3-4H2,1-2H3. The van der Waals surface area contributed by atoms with Gasteiger partial charge in [0.1, 0.15) is 5.92 Å². The molecule has 0 saturated carbocycles. The van der Waals surface area contributed by atoms with E-state index in [2.05, 4.69) is 0 Å². The van der Waals surface area contributed by atoms with Gasteiger partial charge >= 0.3 is 0 Å². The number of hydrogen-bond acceptors (Lipinski definition) is 3. The molecule has 0 aliphatic carbocycles. The molecule has 3 nitrogen and oxygen atoms in total. The SMILES string of the molecule is CCOC(CC)C(C(=O)c1ccccc1)C(=O)c1ccccc1. The molecule has 0 fully saturated rings. The highest BCUT2D eigenvalue weighted by Crippen LogP contribution is 2.22. The van der Waals surface area contributed by atoms with E-state index < -0.39 is 12.0 Å². The van der Waals surface area contributed by atoms with Crippen LogP contribution < -0.4 is 0 Å². The maximum atomic E-state index is 12.9. The van der Waals surface area contributed by atoms with Gasteiger partial charge in [-0.05, 0) is 13.3 Å². The van der Waals surface area contributed by atoms with Crippen LogP contribution in [0.25, 0.3) is 0 Å². The van der Waals surface area contributed by atoms with Crippen molar-refractivity contribution in [3.8, 4) is 0 Å². The second kappa shape index (κ2) is 8.39. The van der Waals surface area contributed by atoms with Crippen molar-refractivity contribution in [2.75, 3.05) is 6.61 Å². The van der Waals surface area contributed by atoms with Crippen LogP contribution in [0.1, 0.15) is 41.0 Å². The number of carbonyl (C=O) groups is 2. The molecule has 0 spiro atoms. The molecule has 120 valence electrons. The summed E-state index contributed by atoms with van der Waals surface area (Å²) in [5.74, 6) is -1.18. The quantitative estimate of drug-likeness (QED) is 0.542. The van der Waals surface area contributed by atoms with Crippen molar-refractivity contribution in [3.63, 3.8) is 0 Å². The Balaban J connectivity index is 2.39. The lowest BCUT2D eigenvalue weighted by Gasteiger charge is -2.24. The molecule has 1 atom stereocenters. The zero-order valence-electron chi connectivity index (χ0n) is 13.6. The van der Waals surface area contributed by atoms with Gasteiger partial charge in [0.2, 0.25) is 0 Å². The summed E-state index contributed by atoms with van der Waals surface area (Å²) in [6.07, 6.45) is 0.191. The van der Waals surface area contributed by atoms with Gasteiger partial charge in [0.05, 0.1) is 6.10 Å². The molecule has 0 aliphatic rings. The Kier molecular flexibility index (Phi) is 6.24. The van der Waals surface area contributed by atoms with Crippen molar-refractivity contribution in [2.45, 2.75) is 26.4 Å². The van der Waals surface area contributed by atoms with Gasteiger partial charge in [0, 0.05) is 17.7 Å². The third kappa shape index (κ3) is 4.14. The lowest BCUT2D eigenvalue weighted by molar-refractivity contribution is 0.0199. The number of carbonyl (C=O) groups excluding carboxylic acids is 2. The first-order valence-corrected chi connectivity index (χ1v) is 7.99. The zero-order chi connectivity index (χ0) is 16.7. The van der Waals surface area contributed by atoms with E-state index in [1.165, 1.54) is 0 Å². The number of hydrogen-bond donors (Lipinski definition) is 0. The third-order valence-electron chi connectivity index (χ3n) is 3.84. The topological polar surface area (TPSA) is 43.4 Å². The Morgan fingerprint density at radius 3 is 1.61 bits per heavy atom. The van der Waals surface area contributed by atoms with E-state index in [1.807, 2.05) is 26.0 Å². The van der Waals surface area contributed by atoms with Crippen LogP contribution in [0.5, 0.6) is 0 Å². The van der Waals surface area contributed by atoms with Crippen molar-refractivity contribution in [3.05, 3.63) is 71.8 Å². The minimum Gasteiger partial charge on any atom is -0.377 e. The largest absolute Gasteiger partial charge is 0.377 e. The van der Waals surface area contributed by atoms with Crippen LogP contribution in [0.3, 0.4) is 0 Å². The van der Waals surface area contributed by atoms with Gasteiger partial charge in [-0.15, -0.1) is 0 Å². The summed E-state index contributed by atoms with van der Waals surface area (Å²) in [5.41, 5.74) is 1.08. The molecule has 0 aromatic heterocycles. The van der Waals surface area contributed by atoms with Crippen LogP contribution >= 0.6 is 0 Å². The van der Waals surface area contributed by atoms with Gasteiger partial charge in [0.25, 0.3) is 0 Å². The summed E-state index contributed by atoms with van der Waals surface area (Å²) in [6, 6.07) is 17.9. The molecule has 0 bridgehead atoms. The summed E-state index contributed by atoms with van der Waals surface area (Å²) in [7, 11) is 0. The number of benzene rings is 2. The zero-order valence-corrected chi connectivity index (χ0v) is 13.6. The minimum atomic E-state index is -0.815. The number of ether oxygens (including phenoxy) is 1. The number of rotatable bonds is 8. The maximum absolute atomic E-state index is 12.9. The highest BCUT2D eigenvalue weighted by Gasteiger charge is 2.35. The second-order valence-corrected chi connectivity index (χ2v) is 5.34. The van der Waals surface area contributed by atoms with E-state index in [9.17, 15) is 9.59 Å². The predicted molar refractivity (Wildman–Crippen MR) is 90.7 cm³/mol. The van der Waals surface area contributed by atoms with Crippen LogP contribution in [0.4, 0.5) is 0 Å². The van der Waals surface area contributed by atoms with Crippen LogP contribution in [-0.4, -0.2) is 24.3 Å². The lowest BCUT2D eigenvalue weighted by Crippen LogP contribution is -2.37. The van der Waals surface area contributed by atoms with Gasteiger partial charge in [-0.2, -0.15) is 0 Å². The molecule has 0 N–H and O–H groups in total. The van der Waals surface area contributed by atoms with Crippen LogP contribution in [0.15, 0.2) is 60.7 Å². The Morgan fingerprint density at radius 2 is 1.26 bits per heavy atom. The molecule has 2 aromatic carbocycles. The molecule has 0 aliphatic heterocycles. The molecule has 2 aromatic rings. The Labute approximate surface area is 137 Å². The molecule has 0 radical (unpaired) electrons. The summed E-state index contributed by atoms with van der Waals surface area (Å²) in [6.45, 7) is 4.28. The predicted octanol–water partition coefficient (Wildman–Crippen LogP) is 4.18. The molecular weight excluding hydrogens is 288 g/mol. The Bertz CT molecular complexity index is 583. The third-order valence-corrected chi connectivity index (χ3v) is 3.84.